The summed E-state index contributed by atoms with van der Waals surface area (Å²) in [6.07, 6.45) is 2.21. The number of amidine groups is 1. The number of hydrogen-bond donors (Lipinski definition) is 2. The number of aryl methyl sites for hydroxylation is 1. The van der Waals surface area contributed by atoms with Crippen LogP contribution >= 0.6 is 0 Å². The van der Waals surface area contributed by atoms with E-state index >= 15 is 0 Å². The van der Waals surface area contributed by atoms with Crippen LogP contribution < -0.4 is 10.6 Å². The monoisotopic (exact) mass is 269 g/mol. The van der Waals surface area contributed by atoms with E-state index in [4.69, 9.17) is 15.9 Å². The minimum Gasteiger partial charge on any atom is -0.388 e. The first-order valence-corrected chi connectivity index (χ1v) is 6.16. The van der Waals surface area contributed by atoms with Gasteiger partial charge in [-0.25, -0.2) is 14.4 Å². The molecule has 0 saturated carbocycles. The molecule has 1 heterocycles. The maximum Gasteiger partial charge on any atom is 0.187 e. The molecule has 6 nitrogen and oxygen atoms in total. The molecule has 0 unspecified atom stereocenters. The van der Waals surface area contributed by atoms with Crippen LogP contribution in [0.1, 0.15) is 19.0 Å². The molecule has 0 aromatic carbocycles. The van der Waals surface area contributed by atoms with Crippen molar-refractivity contribution in [3.05, 3.63) is 17.8 Å². The van der Waals surface area contributed by atoms with E-state index < -0.39 is 5.82 Å². The lowest BCUT2D eigenvalue weighted by molar-refractivity contribution is 0.205. The van der Waals surface area contributed by atoms with Crippen molar-refractivity contribution in [2.24, 2.45) is 5.73 Å². The van der Waals surface area contributed by atoms with Crippen LogP contribution in [0.15, 0.2) is 6.33 Å². The summed E-state index contributed by atoms with van der Waals surface area (Å²) in [5.41, 5.74) is 5.72. The van der Waals surface area contributed by atoms with Crippen molar-refractivity contribution in [2.75, 3.05) is 31.7 Å². The number of ether oxygens (including phenoxy) is 1. The fraction of sp³-hybridized carbons (Fsp3) is 0.583. The highest BCUT2D eigenvalue weighted by Crippen LogP contribution is 2.18. The molecule has 0 radical (unpaired) electrons. The van der Waals surface area contributed by atoms with E-state index in [1.54, 1.807) is 12.0 Å². The summed E-state index contributed by atoms with van der Waals surface area (Å²) in [4.78, 5) is 9.62. The van der Waals surface area contributed by atoms with Gasteiger partial charge in [-0.3, -0.25) is 5.41 Å². The maximum atomic E-state index is 14.2. The third kappa shape index (κ3) is 4.44. The van der Waals surface area contributed by atoms with E-state index in [2.05, 4.69) is 9.97 Å². The number of aromatic nitrogens is 2. The fourth-order valence-corrected chi connectivity index (χ4v) is 1.64. The lowest BCUT2D eigenvalue weighted by Gasteiger charge is -2.23. The Kier molecular flexibility index (Phi) is 6.14. The molecule has 0 aliphatic carbocycles. The van der Waals surface area contributed by atoms with Gasteiger partial charge >= 0.3 is 0 Å². The van der Waals surface area contributed by atoms with Crippen LogP contribution in [-0.4, -0.2) is 42.6 Å². The average Bonchev–Trinajstić information content (AvgIpc) is 2.39. The molecule has 0 spiro atoms. The normalized spacial score (nSPS) is 10.5. The first kappa shape index (κ1) is 15.3. The van der Waals surface area contributed by atoms with Crippen molar-refractivity contribution in [3.8, 4) is 0 Å². The summed E-state index contributed by atoms with van der Waals surface area (Å²) in [5.74, 6) is -0.109. The lowest BCUT2D eigenvalue weighted by Crippen LogP contribution is -2.32. The second-order valence-electron chi connectivity index (χ2n) is 4.07. The summed E-state index contributed by atoms with van der Waals surface area (Å²) in [6.45, 7) is 3.20. The molecule has 0 amide bonds. The molecule has 0 saturated heterocycles. The molecule has 1 aromatic rings. The van der Waals surface area contributed by atoms with Crippen molar-refractivity contribution in [1.29, 1.82) is 5.41 Å². The van der Waals surface area contributed by atoms with Crippen molar-refractivity contribution in [2.45, 2.75) is 19.8 Å². The minimum absolute atomic E-state index is 0.0626. The molecule has 7 heteroatoms. The molecule has 1 aromatic heterocycles. The Morgan fingerprint density at radius 3 is 2.79 bits per heavy atom. The number of rotatable bonds is 8. The van der Waals surface area contributed by atoms with Gasteiger partial charge in [-0.15, -0.1) is 0 Å². The Bertz CT molecular complexity index is 427. The van der Waals surface area contributed by atoms with Crippen molar-refractivity contribution in [1.82, 2.24) is 9.97 Å². The summed E-state index contributed by atoms with van der Waals surface area (Å²) in [6, 6.07) is 0. The zero-order valence-electron chi connectivity index (χ0n) is 11.3. The third-order valence-electron chi connectivity index (χ3n) is 2.69. The van der Waals surface area contributed by atoms with Crippen LogP contribution in [0, 0.1) is 11.2 Å². The third-order valence-corrected chi connectivity index (χ3v) is 2.69. The average molecular weight is 269 g/mol. The maximum absolute atomic E-state index is 14.2. The number of nitrogens with one attached hydrogen (secondary N) is 1. The second-order valence-corrected chi connectivity index (χ2v) is 4.07. The van der Waals surface area contributed by atoms with Crippen molar-refractivity contribution >= 4 is 11.7 Å². The van der Waals surface area contributed by atoms with Crippen LogP contribution in [0.5, 0.6) is 0 Å². The number of hydrogen-bond acceptors (Lipinski definition) is 5. The van der Waals surface area contributed by atoms with E-state index in [1.165, 1.54) is 6.33 Å². The Morgan fingerprint density at radius 1 is 1.47 bits per heavy atom. The number of halogens is 1. The van der Waals surface area contributed by atoms with Gasteiger partial charge in [0.2, 0.25) is 0 Å². The van der Waals surface area contributed by atoms with Crippen molar-refractivity contribution in [3.63, 3.8) is 0 Å². The smallest absolute Gasteiger partial charge is 0.187 e. The molecule has 1 rings (SSSR count). The van der Waals surface area contributed by atoms with Crippen LogP contribution in [0.25, 0.3) is 0 Å². The Balaban J connectivity index is 2.92. The highest BCUT2D eigenvalue weighted by Gasteiger charge is 2.16. The second kappa shape index (κ2) is 7.63. The first-order chi connectivity index (χ1) is 9.10. The zero-order valence-corrected chi connectivity index (χ0v) is 11.3. The first-order valence-electron chi connectivity index (χ1n) is 6.16. The molecule has 19 heavy (non-hydrogen) atoms. The molecule has 0 fully saturated rings. The zero-order chi connectivity index (χ0) is 14.3. The lowest BCUT2D eigenvalue weighted by atomic mass is 10.2. The summed E-state index contributed by atoms with van der Waals surface area (Å²) in [5, 5.41) is 7.25. The van der Waals surface area contributed by atoms with Gasteiger partial charge < -0.3 is 15.4 Å². The fourth-order valence-electron chi connectivity index (χ4n) is 1.64. The Hall–Kier alpha value is -1.76. The largest absolute Gasteiger partial charge is 0.388 e. The molecule has 106 valence electrons. The van der Waals surface area contributed by atoms with Crippen LogP contribution in [0.4, 0.5) is 10.2 Å². The van der Waals surface area contributed by atoms with Crippen LogP contribution in [0.2, 0.25) is 0 Å². The van der Waals surface area contributed by atoms with Gasteiger partial charge in [-0.2, -0.15) is 0 Å². The SMILES string of the molecule is CCc1ncnc(N(CCOC)CCC(=N)N)c1F. The summed E-state index contributed by atoms with van der Waals surface area (Å²) >= 11 is 0. The number of nitrogens with zero attached hydrogens (tertiary/aromatic N) is 3. The molecule has 3 N–H and O–H groups in total. The highest BCUT2D eigenvalue weighted by molar-refractivity contribution is 5.77. The van der Waals surface area contributed by atoms with Crippen LogP contribution in [0.3, 0.4) is 0 Å². The topological polar surface area (TPSA) is 88.1 Å². The molecule has 0 atom stereocenters. The number of methoxy groups -OCH3 is 1. The predicted octanol–water partition coefficient (Wildman–Crippen LogP) is 0.957. The van der Waals surface area contributed by atoms with Gasteiger partial charge in [-0.05, 0) is 6.42 Å². The standard InChI is InChI=1S/C12H20FN5O/c1-3-9-11(13)12(17-8-16-9)18(6-7-19-2)5-4-10(14)15/h8H,3-7H2,1-2H3,(H3,14,15). The number of anilines is 1. The van der Waals surface area contributed by atoms with Gasteiger partial charge in [0.15, 0.2) is 11.6 Å². The summed E-state index contributed by atoms with van der Waals surface area (Å²) in [7, 11) is 1.58. The van der Waals surface area contributed by atoms with Gasteiger partial charge in [0.25, 0.3) is 0 Å². The molecular weight excluding hydrogens is 249 g/mol. The Labute approximate surface area is 112 Å². The van der Waals surface area contributed by atoms with Crippen molar-refractivity contribution < 1.29 is 9.13 Å². The van der Waals surface area contributed by atoms with E-state index in [0.29, 0.717) is 38.2 Å². The van der Waals surface area contributed by atoms with Gasteiger partial charge in [0, 0.05) is 26.6 Å². The van der Waals surface area contributed by atoms with E-state index in [0.717, 1.165) is 0 Å². The molecule has 0 bridgehead atoms. The highest BCUT2D eigenvalue weighted by atomic mass is 19.1. The van der Waals surface area contributed by atoms with E-state index in [1.807, 2.05) is 6.92 Å². The van der Waals surface area contributed by atoms with E-state index in [-0.39, 0.29) is 11.7 Å². The van der Waals surface area contributed by atoms with Gasteiger partial charge in [0.05, 0.1) is 18.1 Å². The Morgan fingerprint density at radius 2 is 2.21 bits per heavy atom. The summed E-state index contributed by atoms with van der Waals surface area (Å²) < 4.78 is 19.2. The van der Waals surface area contributed by atoms with Gasteiger partial charge in [-0.1, -0.05) is 6.92 Å². The molecule has 0 aliphatic heterocycles. The van der Waals surface area contributed by atoms with Crippen LogP contribution in [-0.2, 0) is 11.2 Å². The predicted molar refractivity (Wildman–Crippen MR) is 72.0 cm³/mol. The van der Waals surface area contributed by atoms with Gasteiger partial charge in [0.1, 0.15) is 6.33 Å². The minimum atomic E-state index is -0.412. The van der Waals surface area contributed by atoms with E-state index in [9.17, 15) is 4.39 Å². The quantitative estimate of drug-likeness (QED) is 0.542. The number of nitrogens with two attached hydrogens (primary N) is 1. The molecular formula is C12H20FN5O. The molecule has 0 aliphatic rings.